The molecule has 3 rings (SSSR count). The fourth-order valence-corrected chi connectivity index (χ4v) is 2.77. The third kappa shape index (κ3) is 5.12. The Kier molecular flexibility index (Phi) is 6.88. The highest BCUT2D eigenvalue weighted by atomic mass is 19.1. The van der Waals surface area contributed by atoms with Gasteiger partial charge in [-0.25, -0.2) is 4.39 Å². The van der Waals surface area contributed by atoms with E-state index in [9.17, 15) is 14.0 Å². The van der Waals surface area contributed by atoms with Gasteiger partial charge in [-0.3, -0.25) is 9.59 Å². The van der Waals surface area contributed by atoms with Crippen LogP contribution in [0.2, 0.25) is 0 Å². The lowest BCUT2D eigenvalue weighted by Gasteiger charge is -2.16. The number of hydrogen-bond acceptors (Lipinski definition) is 8. The zero-order valence-corrected chi connectivity index (χ0v) is 17.5. The summed E-state index contributed by atoms with van der Waals surface area (Å²) >= 11 is 0. The third-order valence-electron chi connectivity index (χ3n) is 4.34. The Bertz CT molecular complexity index is 1090. The molecule has 168 valence electrons. The summed E-state index contributed by atoms with van der Waals surface area (Å²) in [6.45, 7) is 1.28. The first kappa shape index (κ1) is 22.5. The Balaban J connectivity index is 1.77. The van der Waals surface area contributed by atoms with Crippen molar-refractivity contribution in [3.05, 3.63) is 53.7 Å². The van der Waals surface area contributed by atoms with E-state index < -0.39 is 17.9 Å². The fourth-order valence-electron chi connectivity index (χ4n) is 2.77. The number of primary amides is 1. The van der Waals surface area contributed by atoms with Gasteiger partial charge in [0.25, 0.3) is 11.8 Å². The van der Waals surface area contributed by atoms with E-state index in [2.05, 4.69) is 15.5 Å². The van der Waals surface area contributed by atoms with Crippen LogP contribution in [-0.2, 0) is 4.79 Å². The second kappa shape index (κ2) is 9.77. The van der Waals surface area contributed by atoms with Crippen molar-refractivity contribution in [3.8, 4) is 28.6 Å². The molecule has 3 N–H and O–H groups in total. The first-order chi connectivity index (χ1) is 15.3. The molecule has 0 aliphatic carbocycles. The monoisotopic (exact) mass is 444 g/mol. The number of hydrogen-bond donors (Lipinski definition) is 2. The van der Waals surface area contributed by atoms with Crippen LogP contribution in [0.5, 0.6) is 17.2 Å². The van der Waals surface area contributed by atoms with Gasteiger partial charge in [0.05, 0.1) is 14.2 Å². The average Bonchev–Trinajstić information content (AvgIpc) is 3.27. The molecule has 0 saturated heterocycles. The molecule has 0 spiro atoms. The third-order valence-corrected chi connectivity index (χ3v) is 4.34. The number of methoxy groups -OCH3 is 2. The molecule has 2 amide bonds. The number of nitrogens with one attached hydrogen (secondary N) is 1. The highest BCUT2D eigenvalue weighted by Gasteiger charge is 2.22. The average molecular weight is 444 g/mol. The molecule has 2 aromatic carbocycles. The number of amides is 2. The van der Waals surface area contributed by atoms with Gasteiger partial charge in [0.1, 0.15) is 11.9 Å². The van der Waals surface area contributed by atoms with Crippen molar-refractivity contribution in [2.45, 2.75) is 13.0 Å². The van der Waals surface area contributed by atoms with Crippen molar-refractivity contribution >= 4 is 11.8 Å². The summed E-state index contributed by atoms with van der Waals surface area (Å²) in [6.07, 6.45) is 0. The van der Waals surface area contributed by atoms with Crippen molar-refractivity contribution in [2.24, 2.45) is 5.73 Å². The van der Waals surface area contributed by atoms with E-state index in [-0.39, 0.29) is 47.0 Å². The molecule has 10 nitrogen and oxygen atoms in total. The van der Waals surface area contributed by atoms with Crippen LogP contribution in [-0.4, -0.2) is 42.8 Å². The Hall–Kier alpha value is -4.15. The number of benzene rings is 2. The summed E-state index contributed by atoms with van der Waals surface area (Å²) in [7, 11) is 2.76. The van der Waals surface area contributed by atoms with Crippen LogP contribution < -0.4 is 25.3 Å². The summed E-state index contributed by atoms with van der Waals surface area (Å²) in [6, 6.07) is 7.84. The maximum atomic E-state index is 13.1. The lowest BCUT2D eigenvalue weighted by Crippen LogP contribution is -2.27. The second-order valence-electron chi connectivity index (χ2n) is 6.62. The minimum Gasteiger partial charge on any atom is -0.493 e. The SMILES string of the molecule is COc1cc(C(=O)NC(C)c2nc(-c3ccc(F)cc3)no2)cc(OC)c1OCC(N)=O. The van der Waals surface area contributed by atoms with E-state index in [1.807, 2.05) is 0 Å². The summed E-state index contributed by atoms with van der Waals surface area (Å²) < 4.78 is 34.2. The normalized spacial score (nSPS) is 11.5. The Morgan fingerprint density at radius 2 is 1.78 bits per heavy atom. The minimum atomic E-state index is -0.677. The molecular weight excluding hydrogens is 423 g/mol. The standard InChI is InChI=1S/C21H21FN4O6/c1-11(21-25-19(26-32-21)12-4-6-14(22)7-5-12)24-20(28)13-8-15(29-2)18(16(9-13)30-3)31-10-17(23)27/h4-9,11H,10H2,1-3H3,(H2,23,27)(H,24,28). The van der Waals surface area contributed by atoms with Gasteiger partial charge in [0.2, 0.25) is 17.5 Å². The topological polar surface area (TPSA) is 139 Å². The highest BCUT2D eigenvalue weighted by Crippen LogP contribution is 2.38. The van der Waals surface area contributed by atoms with Crippen LogP contribution in [0.25, 0.3) is 11.4 Å². The van der Waals surface area contributed by atoms with Crippen molar-refractivity contribution in [1.29, 1.82) is 0 Å². The Labute approximate surface area is 182 Å². The molecule has 0 aliphatic heterocycles. The van der Waals surface area contributed by atoms with Gasteiger partial charge in [0, 0.05) is 11.1 Å². The van der Waals surface area contributed by atoms with E-state index in [4.69, 9.17) is 24.5 Å². The molecular formula is C21H21FN4O6. The molecule has 0 saturated carbocycles. The number of carbonyl (C=O) groups is 2. The van der Waals surface area contributed by atoms with E-state index in [0.29, 0.717) is 5.56 Å². The van der Waals surface area contributed by atoms with Crippen molar-refractivity contribution in [3.63, 3.8) is 0 Å². The number of halogens is 1. The first-order valence-corrected chi connectivity index (χ1v) is 9.40. The van der Waals surface area contributed by atoms with E-state index >= 15 is 0 Å². The van der Waals surface area contributed by atoms with E-state index in [1.165, 1.54) is 50.6 Å². The smallest absolute Gasteiger partial charge is 0.255 e. The van der Waals surface area contributed by atoms with Gasteiger partial charge in [-0.15, -0.1) is 0 Å². The largest absolute Gasteiger partial charge is 0.493 e. The molecule has 0 bridgehead atoms. The Morgan fingerprint density at radius 3 is 2.34 bits per heavy atom. The molecule has 0 aliphatic rings. The number of nitrogens with zero attached hydrogens (tertiary/aromatic N) is 2. The molecule has 1 atom stereocenters. The van der Waals surface area contributed by atoms with Gasteiger partial charge >= 0.3 is 0 Å². The predicted molar refractivity (Wildman–Crippen MR) is 110 cm³/mol. The van der Waals surface area contributed by atoms with Gasteiger partial charge in [-0.1, -0.05) is 5.16 Å². The molecule has 1 unspecified atom stereocenters. The zero-order chi connectivity index (χ0) is 23.3. The van der Waals surface area contributed by atoms with Gasteiger partial charge in [0.15, 0.2) is 18.1 Å². The van der Waals surface area contributed by atoms with Crippen molar-refractivity contribution in [2.75, 3.05) is 20.8 Å². The lowest BCUT2D eigenvalue weighted by atomic mass is 10.1. The van der Waals surface area contributed by atoms with Crippen LogP contribution in [0.4, 0.5) is 4.39 Å². The number of ether oxygens (including phenoxy) is 3. The molecule has 32 heavy (non-hydrogen) atoms. The molecule has 0 radical (unpaired) electrons. The van der Waals surface area contributed by atoms with Gasteiger partial charge in [-0.2, -0.15) is 4.98 Å². The lowest BCUT2D eigenvalue weighted by molar-refractivity contribution is -0.120. The van der Waals surface area contributed by atoms with Crippen molar-refractivity contribution < 1.29 is 32.7 Å². The quantitative estimate of drug-likeness (QED) is 0.512. The van der Waals surface area contributed by atoms with Crippen LogP contribution in [0.1, 0.15) is 29.2 Å². The number of nitrogens with two attached hydrogens (primary N) is 1. The highest BCUT2D eigenvalue weighted by molar-refractivity contribution is 5.95. The minimum absolute atomic E-state index is 0.138. The van der Waals surface area contributed by atoms with E-state index in [1.54, 1.807) is 6.92 Å². The molecule has 0 fully saturated rings. The van der Waals surface area contributed by atoms with Crippen molar-refractivity contribution in [1.82, 2.24) is 15.5 Å². The Morgan fingerprint density at radius 1 is 1.16 bits per heavy atom. The fraction of sp³-hybridized carbons (Fsp3) is 0.238. The molecule has 1 aromatic heterocycles. The predicted octanol–water partition coefficient (Wildman–Crippen LogP) is 2.25. The first-order valence-electron chi connectivity index (χ1n) is 9.40. The second-order valence-corrected chi connectivity index (χ2v) is 6.62. The molecule has 11 heteroatoms. The number of rotatable bonds is 9. The van der Waals surface area contributed by atoms with E-state index in [0.717, 1.165) is 0 Å². The van der Waals surface area contributed by atoms with Crippen LogP contribution >= 0.6 is 0 Å². The molecule has 1 heterocycles. The maximum Gasteiger partial charge on any atom is 0.255 e. The maximum absolute atomic E-state index is 13.1. The molecule has 3 aromatic rings. The van der Waals surface area contributed by atoms with Gasteiger partial charge < -0.3 is 29.8 Å². The number of carbonyl (C=O) groups excluding carboxylic acids is 2. The van der Waals surface area contributed by atoms with Crippen LogP contribution in [0.15, 0.2) is 40.9 Å². The summed E-state index contributed by atoms with van der Waals surface area (Å²) in [5.41, 5.74) is 5.89. The summed E-state index contributed by atoms with van der Waals surface area (Å²) in [5.74, 6) is -0.603. The number of aromatic nitrogens is 2. The van der Waals surface area contributed by atoms with Gasteiger partial charge in [-0.05, 0) is 43.3 Å². The zero-order valence-electron chi connectivity index (χ0n) is 17.5. The van der Waals surface area contributed by atoms with Crippen LogP contribution in [0.3, 0.4) is 0 Å². The summed E-state index contributed by atoms with van der Waals surface area (Å²) in [5, 5.41) is 6.60. The van der Waals surface area contributed by atoms with Crippen LogP contribution in [0, 0.1) is 5.82 Å². The summed E-state index contributed by atoms with van der Waals surface area (Å²) in [4.78, 5) is 28.1.